The molecule has 0 unspecified atom stereocenters. The van der Waals surface area contributed by atoms with Crippen molar-refractivity contribution in [2.45, 2.75) is 0 Å². The molecular weight excluding hydrogens is 663 g/mol. The summed E-state index contributed by atoms with van der Waals surface area (Å²) in [5.41, 5.74) is 0. The monoisotopic (exact) mass is 670 g/mol. The fourth-order valence-electron chi connectivity index (χ4n) is 0. The summed E-state index contributed by atoms with van der Waals surface area (Å²) >= 11 is 10.2. The van der Waals surface area contributed by atoms with E-state index in [1.807, 2.05) is 0 Å². The van der Waals surface area contributed by atoms with E-state index in [4.69, 9.17) is 0 Å². The molecule has 0 rings (SSSR count). The van der Waals surface area contributed by atoms with E-state index in [1.165, 1.54) is 0 Å². The Kier molecular flexibility index (Phi) is 46.2. The summed E-state index contributed by atoms with van der Waals surface area (Å²) in [5, 5.41) is 0. The van der Waals surface area contributed by atoms with Crippen molar-refractivity contribution in [3.63, 3.8) is 0 Å². The minimum atomic E-state index is -1.30. The summed E-state index contributed by atoms with van der Waals surface area (Å²) in [7, 11) is 0. The van der Waals surface area contributed by atoms with E-state index in [0.717, 1.165) is 0 Å². The van der Waals surface area contributed by atoms with Crippen LogP contribution in [0.15, 0.2) is 0 Å². The molecule has 0 heterocycles. The molecule has 0 saturated heterocycles. The van der Waals surface area contributed by atoms with Crippen LogP contribution < -0.4 is 0 Å². The van der Waals surface area contributed by atoms with Crippen LogP contribution in [-0.4, -0.2) is 21.9 Å². The molecule has 0 aromatic carbocycles. The van der Waals surface area contributed by atoms with Crippen LogP contribution >= 0.6 is 72.2 Å². The predicted octanol–water partition coefficient (Wildman–Crippen LogP) is 0.241. The SMILES string of the molecule is O.O.O.O.[I][Zr]([I])([I])[I]. The second kappa shape index (κ2) is 14.2. The quantitative estimate of drug-likeness (QED) is 0.328. The van der Waals surface area contributed by atoms with Crippen LogP contribution in [0.2, 0.25) is 0 Å². The van der Waals surface area contributed by atoms with Crippen LogP contribution in [0.4, 0.5) is 0 Å². The van der Waals surface area contributed by atoms with Gasteiger partial charge in [0.25, 0.3) is 0 Å². The van der Waals surface area contributed by atoms with Crippen molar-refractivity contribution in [2.24, 2.45) is 0 Å². The molecule has 0 aromatic rings. The molecule has 0 aliphatic rings. The van der Waals surface area contributed by atoms with Gasteiger partial charge in [-0.2, -0.15) is 0 Å². The van der Waals surface area contributed by atoms with E-state index < -0.39 is 3.51 Å². The average Bonchev–Trinajstić information content (AvgIpc) is 0.722. The van der Waals surface area contributed by atoms with Crippen molar-refractivity contribution in [3.8, 4) is 0 Å². The molecular formula is H8I4O4Zr. The number of rotatable bonds is 0. The number of hydrogen-bond acceptors (Lipinski definition) is 0. The first-order chi connectivity index (χ1) is 2.00. The van der Waals surface area contributed by atoms with Gasteiger partial charge in [0, 0.05) is 0 Å². The topological polar surface area (TPSA) is 126 Å². The molecule has 0 fully saturated rings. The van der Waals surface area contributed by atoms with Gasteiger partial charge in [0.05, 0.1) is 0 Å². The van der Waals surface area contributed by atoms with E-state index in [9.17, 15) is 0 Å². The van der Waals surface area contributed by atoms with Gasteiger partial charge < -0.3 is 21.9 Å². The van der Waals surface area contributed by atoms with E-state index in [0.29, 0.717) is 0 Å². The van der Waals surface area contributed by atoms with Crippen molar-refractivity contribution in [2.75, 3.05) is 0 Å². The van der Waals surface area contributed by atoms with Gasteiger partial charge in [-0.05, 0) is 0 Å². The van der Waals surface area contributed by atoms with Gasteiger partial charge in [-0.25, -0.2) is 0 Å². The Hall–Kier alpha value is 3.64. The predicted molar refractivity (Wildman–Crippen MR) is 70.5 cm³/mol. The van der Waals surface area contributed by atoms with Gasteiger partial charge in [0.2, 0.25) is 0 Å². The van der Waals surface area contributed by atoms with E-state index in [-0.39, 0.29) is 21.9 Å². The molecule has 0 bridgehead atoms. The molecule has 0 aliphatic carbocycles. The summed E-state index contributed by atoms with van der Waals surface area (Å²) in [6.45, 7) is 0. The van der Waals surface area contributed by atoms with Crippen LogP contribution in [0.25, 0.3) is 0 Å². The standard InChI is InChI=1S/4HI.4H2O.Zr/h4*1H;4*1H2;/q;;;;;;;;+4/p-4. The Bertz CT molecular complexity index is 28.0. The Balaban J connectivity index is -0.0000000133. The normalized spacial score (nSPS) is 6.67. The van der Waals surface area contributed by atoms with Gasteiger partial charge in [-0.3, -0.25) is 0 Å². The van der Waals surface area contributed by atoms with Gasteiger partial charge in [0.15, 0.2) is 0 Å². The summed E-state index contributed by atoms with van der Waals surface area (Å²) in [5.74, 6) is 0. The first-order valence-electron chi connectivity index (χ1n) is 0.756. The van der Waals surface area contributed by atoms with Crippen LogP contribution in [0.3, 0.4) is 0 Å². The molecule has 0 saturated carbocycles. The fraction of sp³-hybridized carbons (Fsp3) is 0. The second-order valence-corrected chi connectivity index (χ2v) is 114. The zero-order chi connectivity index (χ0) is 4.50. The molecule has 0 atom stereocenters. The van der Waals surface area contributed by atoms with Gasteiger partial charge >= 0.3 is 75.7 Å². The number of halogens is 4. The molecule has 4 nitrogen and oxygen atoms in total. The number of hydrogen-bond donors (Lipinski definition) is 0. The molecule has 0 aromatic heterocycles. The summed E-state index contributed by atoms with van der Waals surface area (Å²) in [6.07, 6.45) is 0. The van der Waals surface area contributed by atoms with Crippen molar-refractivity contribution >= 4 is 72.2 Å². The molecule has 0 radical (unpaired) electrons. The Morgan fingerprint density at radius 2 is 0.556 bits per heavy atom. The molecule has 0 spiro atoms. The van der Waals surface area contributed by atoms with Crippen molar-refractivity contribution in [3.05, 3.63) is 0 Å². The Morgan fingerprint density at radius 1 is 0.556 bits per heavy atom. The summed E-state index contributed by atoms with van der Waals surface area (Å²) in [4.78, 5) is 0. The van der Waals surface area contributed by atoms with Crippen molar-refractivity contribution in [1.82, 2.24) is 0 Å². The van der Waals surface area contributed by atoms with Crippen LogP contribution in [-0.2, 0) is 3.51 Å². The van der Waals surface area contributed by atoms with Crippen molar-refractivity contribution < 1.29 is 25.4 Å². The third kappa shape index (κ3) is 81.6. The van der Waals surface area contributed by atoms with Gasteiger partial charge in [-0.1, -0.05) is 0 Å². The van der Waals surface area contributed by atoms with Crippen molar-refractivity contribution in [1.29, 1.82) is 0 Å². The third-order valence-electron chi connectivity index (χ3n) is 0. The zero-order valence-electron chi connectivity index (χ0n) is 4.01. The van der Waals surface area contributed by atoms with E-state index in [1.54, 1.807) is 0 Å². The first kappa shape index (κ1) is 29.3. The minimum absolute atomic E-state index is 0. The molecule has 0 amide bonds. The maximum absolute atomic E-state index is 2.55. The Labute approximate surface area is 94.7 Å². The van der Waals surface area contributed by atoms with E-state index in [2.05, 4.69) is 72.2 Å². The molecule has 8 N–H and O–H groups in total. The van der Waals surface area contributed by atoms with Gasteiger partial charge in [-0.15, -0.1) is 0 Å². The average molecular weight is 671 g/mol. The molecule has 64 valence electrons. The van der Waals surface area contributed by atoms with Crippen LogP contribution in [0, 0.1) is 0 Å². The fourth-order valence-corrected chi connectivity index (χ4v) is 0. The van der Waals surface area contributed by atoms with E-state index >= 15 is 0 Å². The third-order valence-corrected chi connectivity index (χ3v) is 0. The van der Waals surface area contributed by atoms with Crippen LogP contribution in [0.5, 0.6) is 0 Å². The first-order valence-corrected chi connectivity index (χ1v) is 30.0. The van der Waals surface area contributed by atoms with Gasteiger partial charge in [0.1, 0.15) is 0 Å². The van der Waals surface area contributed by atoms with Crippen LogP contribution in [0.1, 0.15) is 0 Å². The maximum atomic E-state index is 2.55. The summed E-state index contributed by atoms with van der Waals surface area (Å²) < 4.78 is -1.30. The molecule has 9 heteroatoms. The summed E-state index contributed by atoms with van der Waals surface area (Å²) in [6, 6.07) is 0. The zero-order valence-corrected chi connectivity index (χ0v) is 15.1. The second-order valence-electron chi connectivity index (χ2n) is 0.429. The Morgan fingerprint density at radius 3 is 0.556 bits per heavy atom. The molecule has 9 heavy (non-hydrogen) atoms. The molecule has 0 aliphatic heterocycles.